The van der Waals surface area contributed by atoms with Gasteiger partial charge in [0.05, 0.1) is 6.54 Å². The van der Waals surface area contributed by atoms with E-state index in [1.807, 2.05) is 72.8 Å². The van der Waals surface area contributed by atoms with Crippen molar-refractivity contribution in [2.45, 2.75) is 18.1 Å². The van der Waals surface area contributed by atoms with Gasteiger partial charge in [-0.1, -0.05) is 82.7 Å². The van der Waals surface area contributed by atoms with E-state index in [0.29, 0.717) is 17.7 Å². The predicted octanol–water partition coefficient (Wildman–Crippen LogP) is 3.88. The van der Waals surface area contributed by atoms with E-state index in [1.165, 1.54) is 0 Å². The molecule has 1 saturated heterocycles. The van der Waals surface area contributed by atoms with Crippen LogP contribution in [-0.2, 0) is 16.8 Å². The average molecular weight is 495 g/mol. The monoisotopic (exact) mass is 494 g/mol. The van der Waals surface area contributed by atoms with Crippen molar-refractivity contribution in [2.75, 3.05) is 13.2 Å². The van der Waals surface area contributed by atoms with E-state index in [9.17, 15) is 14.7 Å². The van der Waals surface area contributed by atoms with Crippen molar-refractivity contribution in [3.63, 3.8) is 0 Å². The Bertz CT molecular complexity index is 1090. The number of carbonyl (C=O) groups excluding carboxylic acids is 2. The van der Waals surface area contributed by atoms with Crippen molar-refractivity contribution >= 4 is 27.9 Å². The molecule has 32 heavy (non-hydrogen) atoms. The van der Waals surface area contributed by atoms with E-state index < -0.39 is 17.7 Å². The predicted molar refractivity (Wildman–Crippen MR) is 124 cm³/mol. The zero-order valence-corrected chi connectivity index (χ0v) is 18.9. The second-order valence-electron chi connectivity index (χ2n) is 7.70. The lowest BCUT2D eigenvalue weighted by Gasteiger charge is -2.28. The molecule has 1 fully saturated rings. The van der Waals surface area contributed by atoms with Gasteiger partial charge in [-0.3, -0.25) is 9.69 Å². The largest absolute Gasteiger partial charge is 0.491 e. The van der Waals surface area contributed by atoms with Crippen LogP contribution in [0.1, 0.15) is 11.1 Å². The number of benzene rings is 3. The lowest BCUT2D eigenvalue weighted by Crippen LogP contribution is -2.46. The minimum absolute atomic E-state index is 0.0511. The number of hydrogen-bond acceptors (Lipinski definition) is 4. The third kappa shape index (κ3) is 4.69. The number of hydrogen-bond donors (Lipinski definition) is 2. The van der Waals surface area contributed by atoms with E-state index in [4.69, 9.17) is 4.74 Å². The fraction of sp³-hybridized carbons (Fsp3) is 0.200. The summed E-state index contributed by atoms with van der Waals surface area (Å²) in [6, 6.07) is 25.5. The molecule has 3 aromatic rings. The second-order valence-corrected chi connectivity index (χ2v) is 8.62. The quantitative estimate of drug-likeness (QED) is 0.465. The zero-order valence-electron chi connectivity index (χ0n) is 17.3. The molecule has 1 aliphatic rings. The molecule has 0 radical (unpaired) electrons. The molecule has 1 heterocycles. The smallest absolute Gasteiger partial charge is 0.325 e. The molecule has 0 spiro atoms. The number of imide groups is 1. The fourth-order valence-corrected chi connectivity index (χ4v) is 4.23. The fourth-order valence-electron chi connectivity index (χ4n) is 3.85. The number of β-amino-alcohol motifs (C(OH)–C–C–N with tert-alkyl or cyclic N) is 1. The minimum Gasteiger partial charge on any atom is -0.491 e. The summed E-state index contributed by atoms with van der Waals surface area (Å²) in [5.74, 6) is 0.192. The van der Waals surface area contributed by atoms with Gasteiger partial charge in [0.15, 0.2) is 5.54 Å². The molecule has 3 aromatic carbocycles. The van der Waals surface area contributed by atoms with Crippen molar-refractivity contribution in [2.24, 2.45) is 0 Å². The van der Waals surface area contributed by atoms with E-state index in [0.717, 1.165) is 14.9 Å². The molecule has 7 heteroatoms. The van der Waals surface area contributed by atoms with Crippen molar-refractivity contribution < 1.29 is 19.4 Å². The Labute approximate surface area is 195 Å². The maximum Gasteiger partial charge on any atom is 0.325 e. The van der Waals surface area contributed by atoms with Crippen LogP contribution in [0, 0.1) is 0 Å². The van der Waals surface area contributed by atoms with E-state index >= 15 is 0 Å². The van der Waals surface area contributed by atoms with Crippen LogP contribution in [0.4, 0.5) is 4.79 Å². The Kier molecular flexibility index (Phi) is 6.58. The minimum atomic E-state index is -1.23. The van der Waals surface area contributed by atoms with E-state index in [2.05, 4.69) is 21.2 Å². The molecule has 0 bridgehead atoms. The van der Waals surface area contributed by atoms with Crippen LogP contribution >= 0.6 is 15.9 Å². The third-order valence-corrected chi connectivity index (χ3v) is 5.88. The van der Waals surface area contributed by atoms with Crippen LogP contribution in [0.15, 0.2) is 89.4 Å². The molecule has 1 aliphatic heterocycles. The molecule has 0 saturated carbocycles. The Morgan fingerprint density at radius 1 is 0.969 bits per heavy atom. The number of amides is 3. The summed E-state index contributed by atoms with van der Waals surface area (Å²) in [6.07, 6.45) is -0.726. The molecule has 2 atom stereocenters. The van der Waals surface area contributed by atoms with Gasteiger partial charge in [0.1, 0.15) is 18.5 Å². The molecule has 6 nitrogen and oxygen atoms in total. The summed E-state index contributed by atoms with van der Waals surface area (Å²) in [7, 11) is 0. The van der Waals surface area contributed by atoms with Crippen molar-refractivity contribution in [1.82, 2.24) is 10.2 Å². The van der Waals surface area contributed by atoms with Gasteiger partial charge < -0.3 is 15.2 Å². The highest BCUT2D eigenvalue weighted by atomic mass is 79.9. The summed E-state index contributed by atoms with van der Waals surface area (Å²) in [6.45, 7) is -0.216. The maximum absolute atomic E-state index is 13.6. The van der Waals surface area contributed by atoms with Crippen molar-refractivity contribution in [3.8, 4) is 5.75 Å². The maximum atomic E-state index is 13.6. The van der Waals surface area contributed by atoms with Gasteiger partial charge >= 0.3 is 6.03 Å². The first-order valence-electron chi connectivity index (χ1n) is 10.3. The van der Waals surface area contributed by atoms with E-state index in [1.54, 1.807) is 12.1 Å². The Morgan fingerprint density at radius 3 is 2.34 bits per heavy atom. The zero-order chi connectivity index (χ0) is 22.6. The highest BCUT2D eigenvalue weighted by Gasteiger charge is 2.52. The Hall–Kier alpha value is -3.16. The van der Waals surface area contributed by atoms with Gasteiger partial charge in [0.25, 0.3) is 5.91 Å². The first-order valence-corrected chi connectivity index (χ1v) is 11.1. The van der Waals surface area contributed by atoms with Gasteiger partial charge in [-0.05, 0) is 29.3 Å². The molecule has 0 unspecified atom stereocenters. The van der Waals surface area contributed by atoms with Gasteiger partial charge in [-0.25, -0.2) is 4.79 Å². The highest BCUT2D eigenvalue weighted by Crippen LogP contribution is 2.33. The van der Waals surface area contributed by atoms with Crippen LogP contribution in [0.3, 0.4) is 0 Å². The number of aliphatic hydroxyl groups excluding tert-OH is 1. The van der Waals surface area contributed by atoms with Gasteiger partial charge in [0, 0.05) is 10.9 Å². The molecule has 0 aliphatic carbocycles. The highest BCUT2D eigenvalue weighted by molar-refractivity contribution is 9.10. The van der Waals surface area contributed by atoms with Gasteiger partial charge in [-0.15, -0.1) is 0 Å². The topological polar surface area (TPSA) is 78.9 Å². The SMILES string of the molecule is O=C1N[C@](Cc2ccccc2)(c2ccccc2)C(=O)N1C[C@@H](O)COc1cccc(Br)c1. The summed E-state index contributed by atoms with van der Waals surface area (Å²) in [4.78, 5) is 27.5. The average Bonchev–Trinajstić information content (AvgIpc) is 3.04. The van der Waals surface area contributed by atoms with Gasteiger partial charge in [0.2, 0.25) is 0 Å². The van der Waals surface area contributed by atoms with Crippen LogP contribution in [-0.4, -0.2) is 41.2 Å². The van der Waals surface area contributed by atoms with E-state index in [-0.39, 0.29) is 19.1 Å². The summed E-state index contributed by atoms with van der Waals surface area (Å²) in [5.41, 5.74) is 0.389. The third-order valence-electron chi connectivity index (χ3n) is 5.39. The summed E-state index contributed by atoms with van der Waals surface area (Å²) in [5, 5.41) is 13.4. The number of carbonyl (C=O) groups is 2. The first kappa shape index (κ1) is 22.0. The summed E-state index contributed by atoms with van der Waals surface area (Å²) >= 11 is 3.37. The lowest BCUT2D eigenvalue weighted by molar-refractivity contribution is -0.132. The molecule has 2 N–H and O–H groups in total. The number of rotatable bonds is 8. The Balaban J connectivity index is 1.53. The van der Waals surface area contributed by atoms with Gasteiger partial charge in [-0.2, -0.15) is 0 Å². The van der Waals surface area contributed by atoms with Crippen LogP contribution in [0.2, 0.25) is 0 Å². The molecule has 164 valence electrons. The number of nitrogens with one attached hydrogen (secondary N) is 1. The first-order chi connectivity index (χ1) is 15.5. The normalized spacial score (nSPS) is 19.0. The number of urea groups is 1. The number of aliphatic hydroxyl groups is 1. The standard InChI is InChI=1S/C25H23BrN2O4/c26-20-12-7-13-22(14-20)32-17-21(29)16-28-23(30)25(27-24(28)31,19-10-5-2-6-11-19)15-18-8-3-1-4-9-18/h1-14,21,29H,15-17H2,(H,27,31)/t21-,25-/m1/s1. The van der Waals surface area contributed by atoms with Crippen molar-refractivity contribution in [3.05, 3.63) is 101 Å². The summed E-state index contributed by atoms with van der Waals surface area (Å²) < 4.78 is 6.47. The molecule has 0 aromatic heterocycles. The molecular weight excluding hydrogens is 472 g/mol. The Morgan fingerprint density at radius 2 is 1.66 bits per heavy atom. The number of ether oxygens (including phenoxy) is 1. The lowest BCUT2D eigenvalue weighted by atomic mass is 9.83. The molecular formula is C25H23BrN2O4. The molecule has 4 rings (SSSR count). The van der Waals surface area contributed by atoms with Crippen LogP contribution in [0.5, 0.6) is 5.75 Å². The van der Waals surface area contributed by atoms with Crippen LogP contribution < -0.4 is 10.1 Å². The van der Waals surface area contributed by atoms with Crippen molar-refractivity contribution in [1.29, 1.82) is 0 Å². The second kappa shape index (κ2) is 9.54. The molecule has 3 amide bonds. The number of nitrogens with zero attached hydrogens (tertiary/aromatic N) is 1. The number of halogens is 1. The van der Waals surface area contributed by atoms with Crippen LogP contribution in [0.25, 0.3) is 0 Å².